The summed E-state index contributed by atoms with van der Waals surface area (Å²) in [5.74, 6) is 0.315. The van der Waals surface area contributed by atoms with Crippen LogP contribution in [-0.4, -0.2) is 28.9 Å². The van der Waals surface area contributed by atoms with E-state index < -0.39 is 0 Å². The lowest BCUT2D eigenvalue weighted by atomic mass is 10.1. The van der Waals surface area contributed by atoms with Crippen LogP contribution in [0.2, 0.25) is 0 Å². The molecule has 2 rings (SSSR count). The Balaban J connectivity index is 2.10. The summed E-state index contributed by atoms with van der Waals surface area (Å²) in [6.45, 7) is 0. The van der Waals surface area contributed by atoms with Gasteiger partial charge in [-0.15, -0.1) is 0 Å². The van der Waals surface area contributed by atoms with Gasteiger partial charge in [0.2, 0.25) is 0 Å². The van der Waals surface area contributed by atoms with Gasteiger partial charge in [0.25, 0.3) is 5.91 Å². The zero-order valence-corrected chi connectivity index (χ0v) is 10.9. The molecule has 1 aliphatic rings. The minimum absolute atomic E-state index is 0.00694. The number of carbonyl (C=O) groups is 1. The summed E-state index contributed by atoms with van der Waals surface area (Å²) in [6, 6.07) is 3.85. The first-order valence-electron chi connectivity index (χ1n) is 6.68. The van der Waals surface area contributed by atoms with Crippen LogP contribution in [0.3, 0.4) is 0 Å². The predicted octanol–water partition coefficient (Wildman–Crippen LogP) is 2.46. The van der Waals surface area contributed by atoms with Crippen molar-refractivity contribution in [1.29, 1.82) is 0 Å². The van der Waals surface area contributed by atoms with Crippen LogP contribution in [0.15, 0.2) is 18.3 Å². The molecule has 1 heterocycles. The van der Waals surface area contributed by atoms with Gasteiger partial charge in [-0.3, -0.25) is 4.79 Å². The minimum atomic E-state index is -0.00694. The van der Waals surface area contributed by atoms with Crippen molar-refractivity contribution in [1.82, 2.24) is 9.88 Å². The lowest BCUT2D eigenvalue weighted by molar-refractivity contribution is 0.0718. The lowest BCUT2D eigenvalue weighted by Gasteiger charge is -2.27. The van der Waals surface area contributed by atoms with Crippen molar-refractivity contribution < 1.29 is 4.79 Å². The van der Waals surface area contributed by atoms with Crippen molar-refractivity contribution in [3.05, 3.63) is 23.9 Å². The van der Waals surface area contributed by atoms with Crippen molar-refractivity contribution in [2.24, 2.45) is 0 Å². The van der Waals surface area contributed by atoms with Crippen molar-refractivity contribution in [2.75, 3.05) is 12.8 Å². The SMILES string of the molecule is CN(C(=O)c1cccnc1N)C1CCCCCC1. The van der Waals surface area contributed by atoms with Crippen LogP contribution in [0.1, 0.15) is 48.9 Å². The molecule has 1 fully saturated rings. The van der Waals surface area contributed by atoms with E-state index in [4.69, 9.17) is 5.73 Å². The molecular weight excluding hydrogens is 226 g/mol. The summed E-state index contributed by atoms with van der Waals surface area (Å²) in [6.07, 6.45) is 8.80. The molecule has 4 nitrogen and oxygen atoms in total. The second-order valence-electron chi connectivity index (χ2n) is 5.00. The molecular formula is C14H21N3O. The lowest BCUT2D eigenvalue weighted by Crippen LogP contribution is -2.37. The molecule has 18 heavy (non-hydrogen) atoms. The van der Waals surface area contributed by atoms with Crippen LogP contribution in [0, 0.1) is 0 Å². The Morgan fingerprint density at radius 2 is 2.00 bits per heavy atom. The van der Waals surface area contributed by atoms with E-state index in [9.17, 15) is 4.79 Å². The van der Waals surface area contributed by atoms with Crippen LogP contribution in [0.25, 0.3) is 0 Å². The van der Waals surface area contributed by atoms with Gasteiger partial charge < -0.3 is 10.6 Å². The summed E-state index contributed by atoms with van der Waals surface area (Å²) in [5.41, 5.74) is 6.28. The molecule has 4 heteroatoms. The van der Waals surface area contributed by atoms with Crippen LogP contribution in [0.5, 0.6) is 0 Å². The number of amides is 1. The van der Waals surface area contributed by atoms with E-state index in [1.165, 1.54) is 25.7 Å². The second kappa shape index (κ2) is 5.85. The Hall–Kier alpha value is -1.58. The maximum Gasteiger partial charge on any atom is 0.257 e. The van der Waals surface area contributed by atoms with E-state index >= 15 is 0 Å². The monoisotopic (exact) mass is 247 g/mol. The molecule has 0 radical (unpaired) electrons. The number of hydrogen-bond acceptors (Lipinski definition) is 3. The molecule has 98 valence electrons. The fraction of sp³-hybridized carbons (Fsp3) is 0.571. The third-order valence-electron chi connectivity index (χ3n) is 3.76. The highest BCUT2D eigenvalue weighted by atomic mass is 16.2. The van der Waals surface area contributed by atoms with Gasteiger partial charge in [-0.25, -0.2) is 4.98 Å². The number of rotatable bonds is 2. The molecule has 0 aliphatic heterocycles. The largest absolute Gasteiger partial charge is 0.383 e. The molecule has 0 bridgehead atoms. The molecule has 1 saturated carbocycles. The molecule has 1 amide bonds. The van der Waals surface area contributed by atoms with E-state index in [1.807, 2.05) is 11.9 Å². The van der Waals surface area contributed by atoms with Crippen molar-refractivity contribution >= 4 is 11.7 Å². The maximum atomic E-state index is 12.4. The third kappa shape index (κ3) is 2.81. The van der Waals surface area contributed by atoms with Gasteiger partial charge >= 0.3 is 0 Å². The number of anilines is 1. The maximum absolute atomic E-state index is 12.4. The first-order valence-corrected chi connectivity index (χ1v) is 6.68. The highest BCUT2D eigenvalue weighted by Crippen LogP contribution is 2.23. The van der Waals surface area contributed by atoms with Crippen LogP contribution in [0.4, 0.5) is 5.82 Å². The molecule has 0 unspecified atom stereocenters. The fourth-order valence-electron chi connectivity index (χ4n) is 2.60. The topological polar surface area (TPSA) is 59.2 Å². The van der Waals surface area contributed by atoms with E-state index in [1.54, 1.807) is 18.3 Å². The summed E-state index contributed by atoms with van der Waals surface area (Å²) >= 11 is 0. The van der Waals surface area contributed by atoms with Gasteiger partial charge in [0.05, 0.1) is 5.56 Å². The molecule has 2 N–H and O–H groups in total. The van der Waals surface area contributed by atoms with Crippen LogP contribution in [-0.2, 0) is 0 Å². The Morgan fingerprint density at radius 3 is 2.61 bits per heavy atom. The van der Waals surface area contributed by atoms with Crippen LogP contribution < -0.4 is 5.73 Å². The quantitative estimate of drug-likeness (QED) is 0.817. The van der Waals surface area contributed by atoms with Crippen molar-refractivity contribution in [3.8, 4) is 0 Å². The van der Waals surface area contributed by atoms with E-state index in [2.05, 4.69) is 4.98 Å². The van der Waals surface area contributed by atoms with Gasteiger partial charge in [-0.1, -0.05) is 25.7 Å². The minimum Gasteiger partial charge on any atom is -0.383 e. The molecule has 1 aliphatic carbocycles. The fourth-order valence-corrected chi connectivity index (χ4v) is 2.60. The standard InChI is InChI=1S/C14H21N3O/c1-17(11-7-4-2-3-5-8-11)14(18)12-9-6-10-16-13(12)15/h6,9-11H,2-5,7-8H2,1H3,(H2,15,16). The van der Waals surface area contributed by atoms with Crippen molar-refractivity contribution in [2.45, 2.75) is 44.6 Å². The summed E-state index contributed by atoms with van der Waals surface area (Å²) < 4.78 is 0. The Kier molecular flexibility index (Phi) is 4.18. The molecule has 0 spiro atoms. The highest BCUT2D eigenvalue weighted by molar-refractivity contribution is 5.98. The third-order valence-corrected chi connectivity index (χ3v) is 3.76. The number of nitrogen functional groups attached to an aromatic ring is 1. The van der Waals surface area contributed by atoms with E-state index in [-0.39, 0.29) is 5.91 Å². The molecule has 0 aromatic carbocycles. The number of pyridine rings is 1. The first kappa shape index (κ1) is 12.9. The summed E-state index contributed by atoms with van der Waals surface area (Å²) in [7, 11) is 1.88. The zero-order chi connectivity index (χ0) is 13.0. The Bertz CT molecular complexity index is 411. The number of carbonyl (C=O) groups excluding carboxylic acids is 1. The summed E-state index contributed by atoms with van der Waals surface area (Å²) in [4.78, 5) is 18.2. The van der Waals surface area contributed by atoms with Gasteiger partial charge in [0.1, 0.15) is 5.82 Å². The molecule has 0 saturated heterocycles. The Morgan fingerprint density at radius 1 is 1.33 bits per heavy atom. The highest BCUT2D eigenvalue weighted by Gasteiger charge is 2.23. The first-order chi connectivity index (χ1) is 8.70. The number of hydrogen-bond donors (Lipinski definition) is 1. The van der Waals surface area contributed by atoms with E-state index in [0.29, 0.717) is 17.4 Å². The second-order valence-corrected chi connectivity index (χ2v) is 5.00. The molecule has 1 aromatic heterocycles. The normalized spacial score (nSPS) is 17.2. The zero-order valence-electron chi connectivity index (χ0n) is 10.9. The average Bonchev–Trinajstić information content (AvgIpc) is 2.66. The van der Waals surface area contributed by atoms with E-state index in [0.717, 1.165) is 12.8 Å². The van der Waals surface area contributed by atoms with Crippen LogP contribution >= 0.6 is 0 Å². The van der Waals surface area contributed by atoms with Gasteiger partial charge in [-0.05, 0) is 25.0 Å². The van der Waals surface area contributed by atoms with Gasteiger partial charge in [-0.2, -0.15) is 0 Å². The average molecular weight is 247 g/mol. The van der Waals surface area contributed by atoms with Crippen molar-refractivity contribution in [3.63, 3.8) is 0 Å². The Labute approximate surface area is 108 Å². The molecule has 0 atom stereocenters. The number of nitrogens with zero attached hydrogens (tertiary/aromatic N) is 2. The number of nitrogens with two attached hydrogens (primary N) is 1. The number of aromatic nitrogens is 1. The predicted molar refractivity (Wildman–Crippen MR) is 72.2 cm³/mol. The molecule has 1 aromatic rings. The smallest absolute Gasteiger partial charge is 0.257 e. The summed E-state index contributed by atoms with van der Waals surface area (Å²) in [5, 5.41) is 0. The van der Waals surface area contributed by atoms with Gasteiger partial charge in [0, 0.05) is 19.3 Å². The van der Waals surface area contributed by atoms with Gasteiger partial charge in [0.15, 0.2) is 0 Å².